The Morgan fingerprint density at radius 3 is 2.06 bits per heavy atom. The van der Waals surface area contributed by atoms with Crippen LogP contribution in [0.2, 0.25) is 0 Å². The second kappa shape index (κ2) is 8.49. The van der Waals surface area contributed by atoms with Gasteiger partial charge in [-0.1, -0.05) is 0 Å². The van der Waals surface area contributed by atoms with Crippen LogP contribution < -0.4 is 10.6 Å². The second-order valence-electron chi connectivity index (χ2n) is 4.55. The molecule has 0 radical (unpaired) electrons. The van der Waals surface area contributed by atoms with Gasteiger partial charge in [-0.25, -0.2) is 0 Å². The van der Waals surface area contributed by atoms with Gasteiger partial charge in [-0.15, -0.1) is 0 Å². The maximum absolute atomic E-state index is 11.5. The van der Waals surface area contributed by atoms with E-state index in [1.165, 1.54) is 0 Å². The number of nitrogens with one attached hydrogen (secondary N) is 2. The minimum atomic E-state index is -0.861. The fraction of sp³-hybridized carbons (Fsp3) is 0.750. The van der Waals surface area contributed by atoms with Gasteiger partial charge >= 0.3 is 5.97 Å². The first-order valence-electron chi connectivity index (χ1n) is 6.14. The van der Waals surface area contributed by atoms with Crippen molar-refractivity contribution in [3.05, 3.63) is 0 Å². The molecule has 0 heterocycles. The molecule has 0 aliphatic heterocycles. The van der Waals surface area contributed by atoms with E-state index in [4.69, 9.17) is 5.11 Å². The number of carbonyl (C=O) groups excluding carboxylic acids is 2. The molecule has 3 N–H and O–H groups in total. The standard InChI is InChI=1S/C12H22N2O4/c1-8(2)13-12(18)9(3)14-10(15)6-4-5-7-11(16)17/h8-9H,4-7H2,1-3H3,(H,13,18)(H,14,15)(H,16,17). The first kappa shape index (κ1) is 16.4. The Balaban J connectivity index is 3.80. The second-order valence-corrected chi connectivity index (χ2v) is 4.55. The molecule has 0 aromatic rings. The summed E-state index contributed by atoms with van der Waals surface area (Å²) in [6.45, 7) is 5.31. The van der Waals surface area contributed by atoms with Crippen molar-refractivity contribution in [2.75, 3.05) is 0 Å². The molecular formula is C12H22N2O4. The van der Waals surface area contributed by atoms with Crippen LogP contribution in [0.5, 0.6) is 0 Å². The third-order valence-corrected chi connectivity index (χ3v) is 2.25. The number of unbranched alkanes of at least 4 members (excludes halogenated alkanes) is 1. The summed E-state index contributed by atoms with van der Waals surface area (Å²) >= 11 is 0. The third-order valence-electron chi connectivity index (χ3n) is 2.25. The Morgan fingerprint density at radius 2 is 1.56 bits per heavy atom. The van der Waals surface area contributed by atoms with E-state index in [-0.39, 0.29) is 30.7 Å². The van der Waals surface area contributed by atoms with Crippen molar-refractivity contribution < 1.29 is 19.5 Å². The number of carboxylic acids is 1. The number of amides is 2. The molecule has 18 heavy (non-hydrogen) atoms. The molecule has 2 amide bonds. The molecule has 0 rings (SSSR count). The Kier molecular flexibility index (Phi) is 7.74. The summed E-state index contributed by atoms with van der Waals surface area (Å²) in [4.78, 5) is 33.2. The van der Waals surface area contributed by atoms with Crippen LogP contribution in [0.3, 0.4) is 0 Å². The van der Waals surface area contributed by atoms with E-state index in [0.717, 1.165) is 0 Å². The summed E-state index contributed by atoms with van der Waals surface area (Å²) in [6.07, 6.45) is 1.29. The normalized spacial score (nSPS) is 12.0. The maximum Gasteiger partial charge on any atom is 0.303 e. The number of rotatable bonds is 8. The Labute approximate surface area is 107 Å². The molecule has 0 saturated carbocycles. The molecule has 0 aliphatic carbocycles. The van der Waals surface area contributed by atoms with Crippen LogP contribution in [0.15, 0.2) is 0 Å². The predicted octanol–water partition coefficient (Wildman–Crippen LogP) is 0.661. The zero-order valence-corrected chi connectivity index (χ0v) is 11.2. The van der Waals surface area contributed by atoms with Crippen LogP contribution in [0, 0.1) is 0 Å². The van der Waals surface area contributed by atoms with Gasteiger partial charge < -0.3 is 15.7 Å². The van der Waals surface area contributed by atoms with Crippen LogP contribution in [0.25, 0.3) is 0 Å². The number of hydrogen-bond acceptors (Lipinski definition) is 3. The van der Waals surface area contributed by atoms with Gasteiger partial charge in [-0.05, 0) is 33.6 Å². The average molecular weight is 258 g/mol. The van der Waals surface area contributed by atoms with E-state index in [9.17, 15) is 14.4 Å². The highest BCUT2D eigenvalue weighted by Crippen LogP contribution is 2.00. The maximum atomic E-state index is 11.5. The van der Waals surface area contributed by atoms with E-state index >= 15 is 0 Å². The summed E-state index contributed by atoms with van der Waals surface area (Å²) in [6, 6.07) is -0.535. The number of carbonyl (C=O) groups is 3. The third kappa shape index (κ3) is 8.55. The van der Waals surface area contributed by atoms with Crippen molar-refractivity contribution in [3.8, 4) is 0 Å². The Bertz CT molecular complexity index is 302. The summed E-state index contributed by atoms with van der Waals surface area (Å²) < 4.78 is 0. The largest absolute Gasteiger partial charge is 0.481 e. The summed E-state index contributed by atoms with van der Waals surface area (Å²) in [5.41, 5.74) is 0. The lowest BCUT2D eigenvalue weighted by Gasteiger charge is -2.15. The van der Waals surface area contributed by atoms with Crippen molar-refractivity contribution in [2.45, 2.75) is 58.5 Å². The van der Waals surface area contributed by atoms with Crippen molar-refractivity contribution in [2.24, 2.45) is 0 Å². The molecule has 104 valence electrons. The predicted molar refractivity (Wildman–Crippen MR) is 67.0 cm³/mol. The number of aliphatic carboxylic acids is 1. The smallest absolute Gasteiger partial charge is 0.303 e. The van der Waals surface area contributed by atoms with E-state index in [2.05, 4.69) is 10.6 Å². The minimum absolute atomic E-state index is 0.0346. The quantitative estimate of drug-likeness (QED) is 0.557. The average Bonchev–Trinajstić information content (AvgIpc) is 2.23. The van der Waals surface area contributed by atoms with Gasteiger partial charge in [-0.2, -0.15) is 0 Å². The fourth-order valence-electron chi connectivity index (χ4n) is 1.35. The lowest BCUT2D eigenvalue weighted by atomic mass is 10.2. The number of carboxylic acid groups (broad SMARTS) is 1. The minimum Gasteiger partial charge on any atom is -0.481 e. The van der Waals surface area contributed by atoms with E-state index in [1.807, 2.05) is 13.8 Å². The first-order chi connectivity index (χ1) is 8.32. The first-order valence-corrected chi connectivity index (χ1v) is 6.14. The van der Waals surface area contributed by atoms with Crippen LogP contribution in [-0.2, 0) is 14.4 Å². The molecule has 6 heteroatoms. The van der Waals surface area contributed by atoms with Crippen LogP contribution in [0.1, 0.15) is 46.5 Å². The molecule has 1 unspecified atom stereocenters. The van der Waals surface area contributed by atoms with Gasteiger partial charge in [0.05, 0.1) is 0 Å². The molecular weight excluding hydrogens is 236 g/mol. The highest BCUT2D eigenvalue weighted by Gasteiger charge is 2.15. The van der Waals surface area contributed by atoms with Gasteiger partial charge in [0.1, 0.15) is 6.04 Å². The van der Waals surface area contributed by atoms with E-state index < -0.39 is 12.0 Å². The summed E-state index contributed by atoms with van der Waals surface area (Å²) in [7, 11) is 0. The fourth-order valence-corrected chi connectivity index (χ4v) is 1.35. The van der Waals surface area contributed by atoms with Crippen molar-refractivity contribution in [1.82, 2.24) is 10.6 Å². The van der Waals surface area contributed by atoms with Gasteiger partial charge in [0.15, 0.2) is 0 Å². The molecule has 1 atom stereocenters. The number of hydrogen-bond donors (Lipinski definition) is 3. The van der Waals surface area contributed by atoms with E-state index in [1.54, 1.807) is 6.92 Å². The van der Waals surface area contributed by atoms with Gasteiger partial charge in [0.25, 0.3) is 0 Å². The van der Waals surface area contributed by atoms with Crippen molar-refractivity contribution in [3.63, 3.8) is 0 Å². The molecule has 0 bridgehead atoms. The Hall–Kier alpha value is -1.59. The van der Waals surface area contributed by atoms with Crippen LogP contribution >= 0.6 is 0 Å². The lowest BCUT2D eigenvalue weighted by molar-refractivity contribution is -0.137. The summed E-state index contributed by atoms with van der Waals surface area (Å²) in [5, 5.41) is 13.7. The molecule has 0 saturated heterocycles. The zero-order chi connectivity index (χ0) is 14.1. The van der Waals surface area contributed by atoms with Gasteiger partial charge in [-0.3, -0.25) is 14.4 Å². The molecule has 0 aromatic heterocycles. The summed E-state index contributed by atoms with van der Waals surface area (Å²) in [5.74, 6) is -1.31. The lowest BCUT2D eigenvalue weighted by Crippen LogP contribution is -2.46. The topological polar surface area (TPSA) is 95.5 Å². The van der Waals surface area contributed by atoms with Crippen molar-refractivity contribution >= 4 is 17.8 Å². The molecule has 0 aliphatic rings. The molecule has 0 fully saturated rings. The van der Waals surface area contributed by atoms with Crippen molar-refractivity contribution in [1.29, 1.82) is 0 Å². The van der Waals surface area contributed by atoms with Gasteiger partial charge in [0, 0.05) is 18.9 Å². The molecule has 0 spiro atoms. The monoisotopic (exact) mass is 258 g/mol. The molecule has 0 aromatic carbocycles. The Morgan fingerprint density at radius 1 is 1.00 bits per heavy atom. The van der Waals surface area contributed by atoms with Crippen LogP contribution in [0.4, 0.5) is 0 Å². The van der Waals surface area contributed by atoms with E-state index in [0.29, 0.717) is 12.8 Å². The van der Waals surface area contributed by atoms with Gasteiger partial charge in [0.2, 0.25) is 11.8 Å². The van der Waals surface area contributed by atoms with Crippen LogP contribution in [-0.4, -0.2) is 35.0 Å². The SMILES string of the molecule is CC(C)NC(=O)C(C)NC(=O)CCCCC(=O)O. The zero-order valence-electron chi connectivity index (χ0n) is 11.2. The highest BCUT2D eigenvalue weighted by atomic mass is 16.4. The molecule has 6 nitrogen and oxygen atoms in total. The highest BCUT2D eigenvalue weighted by molar-refractivity contribution is 5.87.